The molecule has 2 rings (SSSR count). The highest BCUT2D eigenvalue weighted by atomic mass is 35.5. The number of sulfonamides is 1. The summed E-state index contributed by atoms with van der Waals surface area (Å²) in [5.41, 5.74) is 0.285. The van der Waals surface area contributed by atoms with Crippen molar-refractivity contribution in [3.05, 3.63) is 23.2 Å². The number of carboxylic acids is 1. The van der Waals surface area contributed by atoms with Crippen LogP contribution in [0.3, 0.4) is 0 Å². The number of carbonyl (C=O) groups is 1. The summed E-state index contributed by atoms with van der Waals surface area (Å²) in [6.45, 7) is 1.24. The highest BCUT2D eigenvalue weighted by molar-refractivity contribution is 7.89. The molecule has 0 saturated carbocycles. The number of carboxylic acid groups (broad SMARTS) is 1. The molecule has 0 unspecified atom stereocenters. The third kappa shape index (κ3) is 3.84. The lowest BCUT2D eigenvalue weighted by molar-refractivity contribution is -0.137. The summed E-state index contributed by atoms with van der Waals surface area (Å²) in [4.78, 5) is 10.8. The molecule has 9 nitrogen and oxygen atoms in total. The third-order valence-corrected chi connectivity index (χ3v) is 5.12. The first-order chi connectivity index (χ1) is 10.9. The quantitative estimate of drug-likeness (QED) is 0.754. The molecule has 1 aromatic carbocycles. The van der Waals surface area contributed by atoms with Gasteiger partial charge in [-0.3, -0.25) is 4.79 Å². The Kier molecular flexibility index (Phi) is 5.29. The first kappa shape index (κ1) is 17.3. The lowest BCUT2D eigenvalue weighted by Gasteiger charge is -2.20. The van der Waals surface area contributed by atoms with Gasteiger partial charge in [0.1, 0.15) is 6.54 Å². The maximum atomic E-state index is 12.6. The van der Waals surface area contributed by atoms with E-state index in [1.807, 2.05) is 0 Å². The zero-order valence-corrected chi connectivity index (χ0v) is 13.7. The molecular weight excluding hydrogens is 346 g/mol. The molecule has 0 aliphatic carbocycles. The standard InChI is InChI=1S/C12H14ClN5O4S/c1-2-5-18(7-11(19)20)23(21,22)8-3-4-10(13)9(6-8)12-14-16-17-15-12/h3-4,6H,2,5,7H2,1H3,(H,19,20)(H,14,15,16,17). The molecule has 1 aromatic heterocycles. The van der Waals surface area contributed by atoms with Crippen molar-refractivity contribution >= 4 is 27.6 Å². The molecular formula is C12H14ClN5O4S. The van der Waals surface area contributed by atoms with Gasteiger partial charge in [-0.2, -0.15) is 9.52 Å². The van der Waals surface area contributed by atoms with Crippen LogP contribution in [-0.2, 0) is 14.8 Å². The van der Waals surface area contributed by atoms with E-state index in [9.17, 15) is 13.2 Å². The molecule has 124 valence electrons. The molecule has 2 N–H and O–H groups in total. The van der Waals surface area contributed by atoms with Gasteiger partial charge in [0.05, 0.1) is 9.92 Å². The first-order valence-corrected chi connectivity index (χ1v) is 8.43. The molecule has 0 saturated heterocycles. The number of aromatic nitrogens is 4. The van der Waals surface area contributed by atoms with Crippen LogP contribution in [-0.4, -0.2) is 57.5 Å². The zero-order chi connectivity index (χ0) is 17.0. The number of benzene rings is 1. The average molecular weight is 360 g/mol. The van der Waals surface area contributed by atoms with Gasteiger partial charge in [-0.05, 0) is 29.8 Å². The van der Waals surface area contributed by atoms with Crippen LogP contribution < -0.4 is 0 Å². The number of rotatable bonds is 7. The van der Waals surface area contributed by atoms with E-state index in [2.05, 4.69) is 20.6 Å². The van der Waals surface area contributed by atoms with E-state index in [1.54, 1.807) is 6.92 Å². The molecule has 0 atom stereocenters. The van der Waals surface area contributed by atoms with Crippen molar-refractivity contribution in [3.8, 4) is 11.4 Å². The Morgan fingerprint density at radius 3 is 2.74 bits per heavy atom. The van der Waals surface area contributed by atoms with Crippen molar-refractivity contribution < 1.29 is 18.3 Å². The van der Waals surface area contributed by atoms with Crippen LogP contribution in [0.5, 0.6) is 0 Å². The second-order valence-electron chi connectivity index (χ2n) is 4.61. The van der Waals surface area contributed by atoms with Gasteiger partial charge in [-0.25, -0.2) is 8.42 Å². The normalized spacial score (nSPS) is 11.8. The molecule has 2 aromatic rings. The predicted octanol–water partition coefficient (Wildman–Crippen LogP) is 1.01. The van der Waals surface area contributed by atoms with E-state index in [0.717, 1.165) is 4.31 Å². The summed E-state index contributed by atoms with van der Waals surface area (Å²) < 4.78 is 26.2. The number of nitrogens with zero attached hydrogens (tertiary/aromatic N) is 4. The third-order valence-electron chi connectivity index (χ3n) is 2.95. The molecule has 0 spiro atoms. The Morgan fingerprint density at radius 1 is 1.43 bits per heavy atom. The van der Waals surface area contributed by atoms with Crippen LogP contribution in [0.1, 0.15) is 13.3 Å². The second-order valence-corrected chi connectivity index (χ2v) is 6.95. The summed E-state index contributed by atoms with van der Waals surface area (Å²) in [6, 6.07) is 4.00. The highest BCUT2D eigenvalue weighted by Gasteiger charge is 2.27. The Morgan fingerprint density at radius 2 is 2.17 bits per heavy atom. The number of hydrogen-bond acceptors (Lipinski definition) is 6. The zero-order valence-electron chi connectivity index (χ0n) is 12.1. The largest absolute Gasteiger partial charge is 0.480 e. The molecule has 0 aliphatic heterocycles. The summed E-state index contributed by atoms with van der Waals surface area (Å²) in [5, 5.41) is 22.4. The smallest absolute Gasteiger partial charge is 0.318 e. The second kappa shape index (κ2) is 7.02. The Hall–Kier alpha value is -2.04. The van der Waals surface area contributed by atoms with Gasteiger partial charge in [0.25, 0.3) is 0 Å². The molecule has 23 heavy (non-hydrogen) atoms. The molecule has 11 heteroatoms. The van der Waals surface area contributed by atoms with Crippen LogP contribution in [0.25, 0.3) is 11.4 Å². The molecule has 0 bridgehead atoms. The monoisotopic (exact) mass is 359 g/mol. The number of hydrogen-bond donors (Lipinski definition) is 2. The van der Waals surface area contributed by atoms with Crippen molar-refractivity contribution in [2.75, 3.05) is 13.1 Å². The van der Waals surface area contributed by atoms with E-state index in [4.69, 9.17) is 16.7 Å². The van der Waals surface area contributed by atoms with E-state index in [1.165, 1.54) is 18.2 Å². The van der Waals surface area contributed by atoms with Crippen LogP contribution in [0.2, 0.25) is 5.02 Å². The van der Waals surface area contributed by atoms with Gasteiger partial charge in [-0.15, -0.1) is 10.2 Å². The van der Waals surface area contributed by atoms with Gasteiger partial charge < -0.3 is 5.11 Å². The minimum absolute atomic E-state index is 0.0867. The van der Waals surface area contributed by atoms with E-state index >= 15 is 0 Å². The molecule has 0 radical (unpaired) electrons. The number of aromatic amines is 1. The SMILES string of the molecule is CCCN(CC(=O)O)S(=O)(=O)c1ccc(Cl)c(-c2nn[nH]n2)c1. The summed E-state index contributed by atoms with van der Waals surface area (Å²) in [7, 11) is -3.98. The van der Waals surface area contributed by atoms with Crippen molar-refractivity contribution in [1.29, 1.82) is 0 Å². The Labute approximate surface area is 137 Å². The maximum Gasteiger partial charge on any atom is 0.318 e. The van der Waals surface area contributed by atoms with Crippen LogP contribution in [0, 0.1) is 0 Å². The highest BCUT2D eigenvalue weighted by Crippen LogP contribution is 2.28. The lowest BCUT2D eigenvalue weighted by Crippen LogP contribution is -2.36. The van der Waals surface area contributed by atoms with E-state index < -0.39 is 22.5 Å². The lowest BCUT2D eigenvalue weighted by atomic mass is 10.2. The number of halogens is 1. The number of aliphatic carboxylic acids is 1. The number of H-pyrrole nitrogens is 1. The summed E-state index contributed by atoms with van der Waals surface area (Å²) >= 11 is 6.04. The number of nitrogens with one attached hydrogen (secondary N) is 1. The van der Waals surface area contributed by atoms with Gasteiger partial charge in [0.2, 0.25) is 15.8 Å². The van der Waals surface area contributed by atoms with Crippen molar-refractivity contribution in [3.63, 3.8) is 0 Å². The Bertz CT molecular complexity index is 794. The minimum Gasteiger partial charge on any atom is -0.480 e. The van der Waals surface area contributed by atoms with Gasteiger partial charge in [0.15, 0.2) is 0 Å². The molecule has 0 aliphatic rings. The maximum absolute atomic E-state index is 12.6. The van der Waals surface area contributed by atoms with Crippen LogP contribution in [0.4, 0.5) is 0 Å². The van der Waals surface area contributed by atoms with Crippen molar-refractivity contribution in [2.24, 2.45) is 0 Å². The summed E-state index contributed by atoms with van der Waals surface area (Å²) in [6.07, 6.45) is 0.484. The predicted molar refractivity (Wildman–Crippen MR) is 81.3 cm³/mol. The number of tetrazole rings is 1. The van der Waals surface area contributed by atoms with Crippen molar-refractivity contribution in [2.45, 2.75) is 18.2 Å². The minimum atomic E-state index is -3.98. The topological polar surface area (TPSA) is 129 Å². The average Bonchev–Trinajstić information content (AvgIpc) is 3.00. The van der Waals surface area contributed by atoms with Crippen LogP contribution in [0.15, 0.2) is 23.1 Å². The van der Waals surface area contributed by atoms with Gasteiger partial charge >= 0.3 is 5.97 Å². The first-order valence-electron chi connectivity index (χ1n) is 6.61. The molecule has 0 amide bonds. The van der Waals surface area contributed by atoms with E-state index in [0.29, 0.717) is 6.42 Å². The van der Waals surface area contributed by atoms with Gasteiger partial charge in [-0.1, -0.05) is 18.5 Å². The molecule has 0 fully saturated rings. The van der Waals surface area contributed by atoms with Crippen molar-refractivity contribution in [1.82, 2.24) is 24.9 Å². The fourth-order valence-corrected chi connectivity index (χ4v) is 3.66. The fourth-order valence-electron chi connectivity index (χ4n) is 1.95. The van der Waals surface area contributed by atoms with E-state index in [-0.39, 0.29) is 27.9 Å². The summed E-state index contributed by atoms with van der Waals surface area (Å²) in [5.74, 6) is -1.08. The Balaban J connectivity index is 2.47. The molecule has 1 heterocycles. The van der Waals surface area contributed by atoms with Crippen LogP contribution >= 0.6 is 11.6 Å². The van der Waals surface area contributed by atoms with Gasteiger partial charge in [0, 0.05) is 12.1 Å². The fraction of sp³-hybridized carbons (Fsp3) is 0.333.